The van der Waals surface area contributed by atoms with E-state index in [-0.39, 0.29) is 6.61 Å². The predicted molar refractivity (Wildman–Crippen MR) is 87.1 cm³/mol. The highest BCUT2D eigenvalue weighted by molar-refractivity contribution is 4.88. The van der Waals surface area contributed by atoms with Crippen LogP contribution in [0.4, 0.5) is 0 Å². The van der Waals surface area contributed by atoms with Crippen LogP contribution in [0.15, 0.2) is 0 Å². The summed E-state index contributed by atoms with van der Waals surface area (Å²) in [6.07, 6.45) is 10.6. The molecule has 1 saturated carbocycles. The third-order valence-electron chi connectivity index (χ3n) is 5.10. The second-order valence-corrected chi connectivity index (χ2v) is 6.61. The Balaban J connectivity index is 2.77. The fourth-order valence-electron chi connectivity index (χ4n) is 4.00. The van der Waals surface area contributed by atoms with Crippen molar-refractivity contribution in [1.82, 2.24) is 10.2 Å². The zero-order valence-corrected chi connectivity index (χ0v) is 14.0. The lowest BCUT2D eigenvalue weighted by Gasteiger charge is -2.41. The van der Waals surface area contributed by atoms with E-state index in [4.69, 9.17) is 0 Å². The molecular formula is C17H36N2O. The molecule has 0 atom stereocenters. The smallest absolute Gasteiger partial charge is 0.0558 e. The third kappa shape index (κ3) is 5.34. The van der Waals surface area contributed by atoms with Crippen molar-refractivity contribution in [2.24, 2.45) is 5.41 Å². The van der Waals surface area contributed by atoms with E-state index in [2.05, 4.69) is 31.1 Å². The maximum Gasteiger partial charge on any atom is 0.0558 e. The number of aliphatic hydroxyl groups is 1. The summed E-state index contributed by atoms with van der Waals surface area (Å²) in [6, 6.07) is 0.624. The van der Waals surface area contributed by atoms with Crippen molar-refractivity contribution < 1.29 is 5.11 Å². The van der Waals surface area contributed by atoms with Gasteiger partial charge in [-0.15, -0.1) is 0 Å². The summed E-state index contributed by atoms with van der Waals surface area (Å²) >= 11 is 0. The molecule has 0 bridgehead atoms. The molecule has 0 unspecified atom stereocenters. The largest absolute Gasteiger partial charge is 0.395 e. The van der Waals surface area contributed by atoms with Gasteiger partial charge in [0.1, 0.15) is 0 Å². The number of aliphatic hydroxyl groups excluding tert-OH is 1. The molecule has 0 aliphatic heterocycles. The van der Waals surface area contributed by atoms with Gasteiger partial charge in [0.2, 0.25) is 0 Å². The van der Waals surface area contributed by atoms with Gasteiger partial charge in [-0.1, -0.05) is 39.5 Å². The third-order valence-corrected chi connectivity index (χ3v) is 5.10. The molecule has 2 N–H and O–H groups in total. The molecule has 0 amide bonds. The van der Waals surface area contributed by atoms with Gasteiger partial charge in [0, 0.05) is 25.7 Å². The molecule has 1 fully saturated rings. The molecule has 0 spiro atoms. The second-order valence-electron chi connectivity index (χ2n) is 6.61. The maximum atomic E-state index is 9.42. The van der Waals surface area contributed by atoms with Crippen molar-refractivity contribution in [2.75, 3.05) is 33.3 Å². The summed E-state index contributed by atoms with van der Waals surface area (Å²) in [5.74, 6) is 0. The van der Waals surface area contributed by atoms with Gasteiger partial charge in [-0.3, -0.25) is 4.90 Å². The minimum Gasteiger partial charge on any atom is -0.395 e. The van der Waals surface area contributed by atoms with Gasteiger partial charge in [0.15, 0.2) is 0 Å². The monoisotopic (exact) mass is 284 g/mol. The van der Waals surface area contributed by atoms with Gasteiger partial charge in [-0.05, 0) is 38.1 Å². The van der Waals surface area contributed by atoms with Gasteiger partial charge in [0.05, 0.1) is 6.61 Å². The number of hydrogen-bond acceptors (Lipinski definition) is 3. The maximum absolute atomic E-state index is 9.42. The molecule has 20 heavy (non-hydrogen) atoms. The molecule has 0 saturated heterocycles. The van der Waals surface area contributed by atoms with Crippen LogP contribution in [0.1, 0.15) is 65.2 Å². The van der Waals surface area contributed by atoms with Crippen LogP contribution in [-0.4, -0.2) is 49.3 Å². The fourth-order valence-corrected chi connectivity index (χ4v) is 4.00. The van der Waals surface area contributed by atoms with Gasteiger partial charge in [-0.2, -0.15) is 0 Å². The average Bonchev–Trinajstić information content (AvgIpc) is 2.67. The standard InChI is InChI=1S/C17H36N2O/c1-4-16(5-2)19(12-13-20)15-17(14-18-3)10-8-6-7-9-11-17/h16,18,20H,4-15H2,1-3H3. The van der Waals surface area contributed by atoms with E-state index in [1.165, 1.54) is 51.4 Å². The Kier molecular flexibility index (Phi) is 8.74. The normalized spacial score (nSPS) is 19.5. The number of hydrogen-bond donors (Lipinski definition) is 2. The van der Waals surface area contributed by atoms with Crippen LogP contribution < -0.4 is 5.32 Å². The highest BCUT2D eigenvalue weighted by Gasteiger charge is 2.33. The predicted octanol–water partition coefficient (Wildman–Crippen LogP) is 3.03. The molecule has 120 valence electrons. The van der Waals surface area contributed by atoms with Crippen molar-refractivity contribution in [1.29, 1.82) is 0 Å². The van der Waals surface area contributed by atoms with Gasteiger partial charge < -0.3 is 10.4 Å². The molecule has 0 radical (unpaired) electrons. The number of nitrogens with zero attached hydrogens (tertiary/aromatic N) is 1. The molecule has 0 aromatic heterocycles. The molecule has 3 heteroatoms. The van der Waals surface area contributed by atoms with Crippen molar-refractivity contribution >= 4 is 0 Å². The molecule has 1 aliphatic carbocycles. The van der Waals surface area contributed by atoms with Crippen LogP contribution >= 0.6 is 0 Å². The Bertz CT molecular complexity index is 233. The van der Waals surface area contributed by atoms with Gasteiger partial charge in [-0.25, -0.2) is 0 Å². The molecule has 0 heterocycles. The average molecular weight is 284 g/mol. The molecule has 3 nitrogen and oxygen atoms in total. The van der Waals surface area contributed by atoms with Gasteiger partial charge in [0.25, 0.3) is 0 Å². The lowest BCUT2D eigenvalue weighted by atomic mass is 9.79. The van der Waals surface area contributed by atoms with Crippen LogP contribution in [-0.2, 0) is 0 Å². The highest BCUT2D eigenvalue weighted by atomic mass is 16.3. The van der Waals surface area contributed by atoms with Crippen LogP contribution in [0.5, 0.6) is 0 Å². The Labute approximate surface area is 126 Å². The van der Waals surface area contributed by atoms with Crippen LogP contribution in [0.3, 0.4) is 0 Å². The van der Waals surface area contributed by atoms with Crippen molar-refractivity contribution in [2.45, 2.75) is 71.3 Å². The zero-order chi connectivity index (χ0) is 14.8. The number of rotatable bonds is 9. The van der Waals surface area contributed by atoms with Crippen molar-refractivity contribution in [3.8, 4) is 0 Å². The molecule has 0 aromatic rings. The van der Waals surface area contributed by atoms with E-state index < -0.39 is 0 Å². The molecule has 1 aliphatic rings. The molecular weight excluding hydrogens is 248 g/mol. The first kappa shape index (κ1) is 17.9. The minimum atomic E-state index is 0.284. The second kappa shape index (κ2) is 9.75. The highest BCUT2D eigenvalue weighted by Crippen LogP contribution is 2.36. The Hall–Kier alpha value is -0.120. The SMILES string of the molecule is CCC(CC)N(CCO)CC1(CNC)CCCCCC1. The Morgan fingerprint density at radius 1 is 1.10 bits per heavy atom. The van der Waals surface area contributed by atoms with Crippen LogP contribution in [0.25, 0.3) is 0 Å². The first-order valence-corrected chi connectivity index (χ1v) is 8.71. The minimum absolute atomic E-state index is 0.284. The Morgan fingerprint density at radius 3 is 2.15 bits per heavy atom. The van der Waals surface area contributed by atoms with Crippen molar-refractivity contribution in [3.63, 3.8) is 0 Å². The summed E-state index contributed by atoms with van der Waals surface area (Å²) in [5.41, 5.74) is 0.420. The number of nitrogens with one attached hydrogen (secondary N) is 1. The zero-order valence-electron chi connectivity index (χ0n) is 14.0. The summed E-state index contributed by atoms with van der Waals surface area (Å²) in [7, 11) is 2.08. The summed E-state index contributed by atoms with van der Waals surface area (Å²) in [6.45, 7) is 7.94. The summed E-state index contributed by atoms with van der Waals surface area (Å²) in [5, 5.41) is 12.9. The summed E-state index contributed by atoms with van der Waals surface area (Å²) in [4.78, 5) is 2.56. The van der Waals surface area contributed by atoms with Crippen LogP contribution in [0.2, 0.25) is 0 Å². The fraction of sp³-hybridized carbons (Fsp3) is 1.00. The van der Waals surface area contributed by atoms with E-state index in [1.807, 2.05) is 0 Å². The quantitative estimate of drug-likeness (QED) is 0.639. The van der Waals surface area contributed by atoms with E-state index in [0.29, 0.717) is 11.5 Å². The van der Waals surface area contributed by atoms with E-state index >= 15 is 0 Å². The molecule has 0 aromatic carbocycles. The van der Waals surface area contributed by atoms with Crippen molar-refractivity contribution in [3.05, 3.63) is 0 Å². The summed E-state index contributed by atoms with van der Waals surface area (Å²) < 4.78 is 0. The first-order chi connectivity index (χ1) is 9.71. The first-order valence-electron chi connectivity index (χ1n) is 8.71. The van der Waals surface area contributed by atoms with Crippen LogP contribution in [0, 0.1) is 5.41 Å². The Morgan fingerprint density at radius 2 is 1.70 bits per heavy atom. The van der Waals surface area contributed by atoms with E-state index in [0.717, 1.165) is 19.6 Å². The van der Waals surface area contributed by atoms with E-state index in [9.17, 15) is 5.11 Å². The van der Waals surface area contributed by atoms with E-state index in [1.54, 1.807) is 0 Å². The lowest BCUT2D eigenvalue weighted by molar-refractivity contribution is 0.0727. The topological polar surface area (TPSA) is 35.5 Å². The molecule has 1 rings (SSSR count). The van der Waals surface area contributed by atoms with Gasteiger partial charge >= 0.3 is 0 Å². The lowest BCUT2D eigenvalue weighted by Crippen LogP contribution is -2.48.